The first-order valence-electron chi connectivity index (χ1n) is 9.63. The average Bonchev–Trinajstić information content (AvgIpc) is 2.70. The van der Waals surface area contributed by atoms with Gasteiger partial charge in [-0.15, -0.1) is 0 Å². The van der Waals surface area contributed by atoms with Gasteiger partial charge in [0.05, 0.1) is 0 Å². The fraction of sp³-hybridized carbons (Fsp3) is 0.318. The largest absolute Gasteiger partial charge is 0.369 e. The van der Waals surface area contributed by atoms with Crippen LogP contribution in [-0.2, 0) is 6.42 Å². The lowest BCUT2D eigenvalue weighted by atomic mass is 10.1. The van der Waals surface area contributed by atoms with Crippen molar-refractivity contribution in [1.82, 2.24) is 9.88 Å². The van der Waals surface area contributed by atoms with Crippen molar-refractivity contribution in [2.45, 2.75) is 12.8 Å². The van der Waals surface area contributed by atoms with E-state index >= 15 is 0 Å². The Balaban J connectivity index is 1.29. The van der Waals surface area contributed by atoms with Crippen molar-refractivity contribution in [3.63, 3.8) is 0 Å². The average molecular weight is 383 g/mol. The Morgan fingerprint density at radius 2 is 1.61 bits per heavy atom. The SMILES string of the molecule is O=c1[nH]c(CCCN2CCN(c3ccc(F)cc3)CC2)cc2ccc(F)cc12. The monoisotopic (exact) mass is 383 g/mol. The van der Waals surface area contributed by atoms with Gasteiger partial charge in [0, 0.05) is 42.9 Å². The number of aromatic amines is 1. The van der Waals surface area contributed by atoms with E-state index in [9.17, 15) is 13.6 Å². The number of rotatable bonds is 5. The molecule has 0 amide bonds. The van der Waals surface area contributed by atoms with Crippen molar-refractivity contribution in [1.29, 1.82) is 0 Å². The number of nitrogens with zero attached hydrogens (tertiary/aromatic N) is 2. The number of aryl methyl sites for hydroxylation is 1. The Kier molecular flexibility index (Phi) is 5.39. The number of fused-ring (bicyclic) bond motifs is 1. The van der Waals surface area contributed by atoms with Crippen LogP contribution in [0.4, 0.5) is 14.5 Å². The molecule has 0 unspecified atom stereocenters. The van der Waals surface area contributed by atoms with Gasteiger partial charge >= 0.3 is 0 Å². The molecule has 0 bridgehead atoms. The second kappa shape index (κ2) is 8.10. The molecule has 6 heteroatoms. The normalized spacial score (nSPS) is 15.3. The lowest BCUT2D eigenvalue weighted by molar-refractivity contribution is 0.255. The Labute approximate surface area is 162 Å². The van der Waals surface area contributed by atoms with Crippen LogP contribution in [0, 0.1) is 11.6 Å². The van der Waals surface area contributed by atoms with Crippen LogP contribution >= 0.6 is 0 Å². The van der Waals surface area contributed by atoms with Crippen molar-refractivity contribution in [3.05, 3.63) is 76.2 Å². The van der Waals surface area contributed by atoms with Gasteiger partial charge in [0.25, 0.3) is 5.56 Å². The molecule has 0 radical (unpaired) electrons. The highest BCUT2D eigenvalue weighted by Crippen LogP contribution is 2.17. The minimum atomic E-state index is -0.398. The standard InChI is InChI=1S/C22H23F2N3O/c23-17-5-7-20(8-6-17)27-12-10-26(11-13-27)9-1-2-19-14-16-3-4-18(24)15-21(16)22(28)25-19/h3-8,14-15H,1-2,9-13H2,(H,25,28). The summed E-state index contributed by atoms with van der Waals surface area (Å²) in [4.78, 5) is 19.7. The number of H-pyrrole nitrogens is 1. The molecule has 2 aromatic carbocycles. The zero-order chi connectivity index (χ0) is 19.5. The van der Waals surface area contributed by atoms with E-state index in [0.717, 1.165) is 62.3 Å². The highest BCUT2D eigenvalue weighted by atomic mass is 19.1. The van der Waals surface area contributed by atoms with Crippen LogP contribution in [0.2, 0.25) is 0 Å². The summed E-state index contributed by atoms with van der Waals surface area (Å²) in [6.07, 6.45) is 1.72. The summed E-state index contributed by atoms with van der Waals surface area (Å²) in [6.45, 7) is 4.73. The number of halogens is 2. The molecule has 4 rings (SSSR count). The summed E-state index contributed by atoms with van der Waals surface area (Å²) in [7, 11) is 0. The van der Waals surface area contributed by atoms with Gasteiger partial charge in [-0.05, 0) is 67.2 Å². The lowest BCUT2D eigenvalue weighted by Gasteiger charge is -2.36. The van der Waals surface area contributed by atoms with Gasteiger partial charge in [0.1, 0.15) is 11.6 Å². The summed E-state index contributed by atoms with van der Waals surface area (Å²) in [5.41, 5.74) is 1.71. The van der Waals surface area contributed by atoms with Crippen LogP contribution < -0.4 is 10.5 Å². The minimum Gasteiger partial charge on any atom is -0.369 e. The lowest BCUT2D eigenvalue weighted by Crippen LogP contribution is -2.46. The molecule has 0 atom stereocenters. The smallest absolute Gasteiger partial charge is 0.256 e. The second-order valence-electron chi connectivity index (χ2n) is 7.26. The number of aromatic nitrogens is 1. The third-order valence-corrected chi connectivity index (χ3v) is 5.35. The summed E-state index contributed by atoms with van der Waals surface area (Å²) in [6, 6.07) is 12.9. The van der Waals surface area contributed by atoms with Gasteiger partial charge < -0.3 is 9.88 Å². The van der Waals surface area contributed by atoms with Crippen LogP contribution in [0.3, 0.4) is 0 Å². The number of benzene rings is 2. The summed E-state index contributed by atoms with van der Waals surface area (Å²) < 4.78 is 26.4. The van der Waals surface area contributed by atoms with Gasteiger partial charge in [-0.25, -0.2) is 8.78 Å². The molecular weight excluding hydrogens is 360 g/mol. The van der Waals surface area contributed by atoms with E-state index in [4.69, 9.17) is 0 Å². The van der Waals surface area contributed by atoms with Gasteiger partial charge in [-0.1, -0.05) is 6.07 Å². The van der Waals surface area contributed by atoms with E-state index in [-0.39, 0.29) is 11.4 Å². The molecule has 0 aliphatic carbocycles. The molecule has 4 nitrogen and oxygen atoms in total. The summed E-state index contributed by atoms with van der Waals surface area (Å²) in [5.74, 6) is -0.607. The van der Waals surface area contributed by atoms with Crippen molar-refractivity contribution >= 4 is 16.5 Å². The summed E-state index contributed by atoms with van der Waals surface area (Å²) in [5, 5.41) is 1.16. The third kappa shape index (κ3) is 4.22. The highest BCUT2D eigenvalue weighted by Gasteiger charge is 2.17. The van der Waals surface area contributed by atoms with Crippen LogP contribution in [0.15, 0.2) is 53.3 Å². The molecular formula is C22H23F2N3O. The third-order valence-electron chi connectivity index (χ3n) is 5.35. The quantitative estimate of drug-likeness (QED) is 0.732. The number of nitrogens with one attached hydrogen (secondary N) is 1. The maximum Gasteiger partial charge on any atom is 0.256 e. The molecule has 1 aliphatic rings. The number of pyridine rings is 1. The van der Waals surface area contributed by atoms with Crippen LogP contribution in [0.5, 0.6) is 0 Å². The Morgan fingerprint density at radius 3 is 2.36 bits per heavy atom. The van der Waals surface area contributed by atoms with Crippen molar-refractivity contribution in [3.8, 4) is 0 Å². The van der Waals surface area contributed by atoms with Gasteiger partial charge in [-0.3, -0.25) is 9.69 Å². The van der Waals surface area contributed by atoms with Crippen molar-refractivity contribution in [2.24, 2.45) is 0 Å². The van der Waals surface area contributed by atoms with Crippen molar-refractivity contribution < 1.29 is 8.78 Å². The zero-order valence-electron chi connectivity index (χ0n) is 15.6. The van der Waals surface area contributed by atoms with E-state index in [1.54, 1.807) is 6.07 Å². The maximum atomic E-state index is 13.3. The molecule has 28 heavy (non-hydrogen) atoms. The van der Waals surface area contributed by atoms with E-state index in [1.807, 2.05) is 18.2 Å². The molecule has 1 N–H and O–H groups in total. The van der Waals surface area contributed by atoms with E-state index in [0.29, 0.717) is 5.39 Å². The first kappa shape index (κ1) is 18.6. The van der Waals surface area contributed by atoms with Gasteiger partial charge in [0.2, 0.25) is 0 Å². The number of anilines is 1. The van der Waals surface area contributed by atoms with Crippen LogP contribution in [0.1, 0.15) is 12.1 Å². The fourth-order valence-corrected chi connectivity index (χ4v) is 3.80. The fourth-order valence-electron chi connectivity index (χ4n) is 3.80. The van der Waals surface area contributed by atoms with Gasteiger partial charge in [-0.2, -0.15) is 0 Å². The molecule has 1 fully saturated rings. The number of piperazine rings is 1. The Hall–Kier alpha value is -2.73. The first-order chi connectivity index (χ1) is 13.6. The second-order valence-corrected chi connectivity index (χ2v) is 7.26. The molecule has 1 saturated heterocycles. The molecule has 3 aromatic rings. The van der Waals surface area contributed by atoms with Gasteiger partial charge in [0.15, 0.2) is 0 Å². The predicted octanol–water partition coefficient (Wildman–Crippen LogP) is 3.56. The number of hydrogen-bond acceptors (Lipinski definition) is 3. The molecule has 0 saturated carbocycles. The van der Waals surface area contributed by atoms with Crippen LogP contribution in [-0.4, -0.2) is 42.6 Å². The van der Waals surface area contributed by atoms with E-state index in [2.05, 4.69) is 14.8 Å². The maximum absolute atomic E-state index is 13.3. The van der Waals surface area contributed by atoms with E-state index in [1.165, 1.54) is 24.3 Å². The van der Waals surface area contributed by atoms with Crippen LogP contribution in [0.25, 0.3) is 10.8 Å². The molecule has 146 valence electrons. The predicted molar refractivity (Wildman–Crippen MR) is 108 cm³/mol. The number of hydrogen-bond donors (Lipinski definition) is 1. The van der Waals surface area contributed by atoms with E-state index < -0.39 is 5.82 Å². The Morgan fingerprint density at radius 1 is 0.893 bits per heavy atom. The zero-order valence-corrected chi connectivity index (χ0v) is 15.6. The first-order valence-corrected chi connectivity index (χ1v) is 9.63. The Bertz CT molecular complexity index is 1010. The minimum absolute atomic E-state index is 0.209. The molecule has 1 aliphatic heterocycles. The topological polar surface area (TPSA) is 39.3 Å². The van der Waals surface area contributed by atoms with Crippen molar-refractivity contribution in [2.75, 3.05) is 37.6 Å². The highest BCUT2D eigenvalue weighted by molar-refractivity contribution is 5.81. The molecule has 2 heterocycles. The molecule has 0 spiro atoms. The molecule has 1 aromatic heterocycles. The summed E-state index contributed by atoms with van der Waals surface area (Å²) >= 11 is 0.